The van der Waals surface area contributed by atoms with Crippen LogP contribution in [0.15, 0.2) is 93.6 Å². The fourth-order valence-corrected chi connectivity index (χ4v) is 8.84. The highest BCUT2D eigenvalue weighted by atomic mass is 19.3. The number of aromatic nitrogens is 4. The summed E-state index contributed by atoms with van der Waals surface area (Å²) >= 11 is 0. The van der Waals surface area contributed by atoms with Crippen LogP contribution in [0.5, 0.6) is 0 Å². The van der Waals surface area contributed by atoms with Crippen molar-refractivity contribution in [3.8, 4) is 0 Å². The maximum absolute atomic E-state index is 16.9. The number of imidazole rings is 2. The molecule has 1 amide bonds. The molecule has 2 aromatic rings. The first-order chi connectivity index (χ1) is 28.0. The number of fused-ring (bicyclic) bond motifs is 2. The predicted molar refractivity (Wildman–Crippen MR) is 227 cm³/mol. The van der Waals surface area contributed by atoms with Crippen LogP contribution in [0.3, 0.4) is 0 Å². The number of nitrogens with zero attached hydrogens (tertiary/aromatic N) is 3. The number of nitrogens with one attached hydrogen (secondary N) is 3. The zero-order chi connectivity index (χ0) is 40.9. The Hall–Kier alpha value is -4.85. The van der Waals surface area contributed by atoms with Gasteiger partial charge in [0.05, 0.1) is 40.8 Å². The number of allylic oxidation sites excluding steroid dienone is 12. The van der Waals surface area contributed by atoms with Crippen molar-refractivity contribution >= 4 is 23.6 Å². The molecule has 0 saturated carbocycles. The SMILES string of the molecule is CCCCC(CCC)N(Cc1nc2c([nH]1)=CC(C1=C/C=C(\C)C3=C=CC=C(c4cnc(C5CC6(CCCO6)CCN5)[nH]4)C=C3C(F)(F)\C(C)=C\1)=C=CC=2)C(=O)CCC. The topological polar surface area (TPSA) is 98.9 Å². The Kier molecular flexibility index (Phi) is 12.8. The molecule has 1 spiro atoms. The van der Waals surface area contributed by atoms with Crippen molar-refractivity contribution < 1.29 is 18.3 Å². The zero-order valence-electron chi connectivity index (χ0n) is 34.7. The van der Waals surface area contributed by atoms with E-state index in [1.165, 1.54) is 6.92 Å². The largest absolute Gasteiger partial charge is 0.375 e. The number of hydrogen-bond acceptors (Lipinski definition) is 5. The molecule has 3 aliphatic carbocycles. The lowest BCUT2D eigenvalue weighted by Gasteiger charge is -2.37. The number of hydrogen-bond donors (Lipinski definition) is 3. The molecule has 3 atom stereocenters. The van der Waals surface area contributed by atoms with Gasteiger partial charge in [0, 0.05) is 46.9 Å². The van der Waals surface area contributed by atoms with Gasteiger partial charge < -0.3 is 24.9 Å². The lowest BCUT2D eigenvalue weighted by Crippen LogP contribution is -2.43. The van der Waals surface area contributed by atoms with E-state index >= 15 is 8.78 Å². The van der Waals surface area contributed by atoms with Crippen molar-refractivity contribution in [2.24, 2.45) is 0 Å². The molecular formula is C48H58F2N6O2. The first-order valence-electron chi connectivity index (χ1n) is 21.3. The lowest BCUT2D eigenvalue weighted by atomic mass is 9.85. The van der Waals surface area contributed by atoms with Gasteiger partial charge in [-0.2, -0.15) is 8.78 Å². The van der Waals surface area contributed by atoms with Gasteiger partial charge in [-0.05, 0) is 119 Å². The summed E-state index contributed by atoms with van der Waals surface area (Å²) in [4.78, 5) is 32.0. The second-order valence-corrected chi connectivity index (χ2v) is 16.4. The first kappa shape index (κ1) is 41.3. The number of carbonyl (C=O) groups is 1. The Balaban J connectivity index is 1.17. The average Bonchev–Trinajstić information content (AvgIpc) is 3.90. The highest BCUT2D eigenvalue weighted by Crippen LogP contribution is 2.43. The molecule has 2 fully saturated rings. The first-order valence-corrected chi connectivity index (χ1v) is 21.3. The van der Waals surface area contributed by atoms with Crippen LogP contribution in [0.25, 0.3) is 17.7 Å². The number of amides is 1. The third-order valence-electron chi connectivity index (χ3n) is 12.1. The third kappa shape index (κ3) is 8.91. The Labute approximate surface area is 341 Å². The van der Waals surface area contributed by atoms with Crippen molar-refractivity contribution in [1.82, 2.24) is 30.2 Å². The second-order valence-electron chi connectivity index (χ2n) is 16.4. The van der Waals surface area contributed by atoms with Crippen LogP contribution in [0, 0.1) is 0 Å². The van der Waals surface area contributed by atoms with Crippen LogP contribution in [0.4, 0.5) is 8.78 Å². The molecule has 5 aliphatic rings. The monoisotopic (exact) mass is 788 g/mol. The summed E-state index contributed by atoms with van der Waals surface area (Å²) in [5, 5.41) is 5.04. The molecule has 2 saturated heterocycles. The number of aromatic amines is 2. The highest BCUT2D eigenvalue weighted by molar-refractivity contribution is 5.78. The van der Waals surface area contributed by atoms with Gasteiger partial charge in [-0.1, -0.05) is 52.2 Å². The average molecular weight is 789 g/mol. The molecule has 10 heteroatoms. The maximum Gasteiger partial charge on any atom is 0.295 e. The van der Waals surface area contributed by atoms with Crippen LogP contribution >= 0.6 is 0 Å². The van der Waals surface area contributed by atoms with E-state index in [1.807, 2.05) is 49.1 Å². The molecule has 2 aliphatic heterocycles. The van der Waals surface area contributed by atoms with E-state index in [9.17, 15) is 4.79 Å². The van der Waals surface area contributed by atoms with Gasteiger partial charge in [0.25, 0.3) is 5.92 Å². The Morgan fingerprint density at radius 3 is 2.60 bits per heavy atom. The zero-order valence-corrected chi connectivity index (χ0v) is 34.7. The number of ether oxygens (including phenoxy) is 1. The fraction of sp³-hybridized carbons (Fsp3) is 0.479. The molecule has 3 N–H and O–H groups in total. The van der Waals surface area contributed by atoms with Gasteiger partial charge in [0.2, 0.25) is 5.91 Å². The molecule has 3 unspecified atom stereocenters. The van der Waals surface area contributed by atoms with E-state index in [0.29, 0.717) is 52.3 Å². The number of alkyl halides is 2. The number of H-pyrrole nitrogens is 2. The number of rotatable bonds is 13. The van der Waals surface area contributed by atoms with Gasteiger partial charge in [-0.15, -0.1) is 11.5 Å². The van der Waals surface area contributed by atoms with Crippen LogP contribution < -0.4 is 16.0 Å². The predicted octanol–water partition coefficient (Wildman–Crippen LogP) is 8.82. The van der Waals surface area contributed by atoms with Gasteiger partial charge in [0.15, 0.2) is 0 Å². The molecule has 58 heavy (non-hydrogen) atoms. The third-order valence-corrected chi connectivity index (χ3v) is 12.1. The summed E-state index contributed by atoms with van der Waals surface area (Å²) in [6.07, 6.45) is 28.0. The lowest BCUT2D eigenvalue weighted by molar-refractivity contribution is -0.134. The minimum atomic E-state index is -3.33. The quantitative estimate of drug-likeness (QED) is 0.176. The summed E-state index contributed by atoms with van der Waals surface area (Å²) in [7, 11) is 0. The van der Waals surface area contributed by atoms with E-state index in [1.54, 1.807) is 30.5 Å². The van der Waals surface area contributed by atoms with E-state index < -0.39 is 5.92 Å². The van der Waals surface area contributed by atoms with Gasteiger partial charge in [-0.3, -0.25) is 4.79 Å². The molecule has 0 aromatic carbocycles. The Bertz CT molecular complexity index is 2310. The van der Waals surface area contributed by atoms with E-state index in [2.05, 4.69) is 40.6 Å². The molecule has 8 nitrogen and oxygen atoms in total. The molecule has 306 valence electrons. The Morgan fingerprint density at radius 1 is 0.983 bits per heavy atom. The summed E-state index contributed by atoms with van der Waals surface area (Å²) in [5.41, 5.74) is 9.66. The van der Waals surface area contributed by atoms with Crippen LogP contribution in [0.2, 0.25) is 0 Å². The summed E-state index contributed by atoms with van der Waals surface area (Å²) in [5.74, 6) is -1.69. The van der Waals surface area contributed by atoms with Gasteiger partial charge in [-0.25, -0.2) is 9.97 Å². The maximum atomic E-state index is 16.9. The van der Waals surface area contributed by atoms with Crippen molar-refractivity contribution in [2.75, 3.05) is 13.2 Å². The smallest absolute Gasteiger partial charge is 0.295 e. The molecule has 7 rings (SSSR count). The molecular weight excluding hydrogens is 731 g/mol. The van der Waals surface area contributed by atoms with Crippen molar-refractivity contribution in [2.45, 2.75) is 135 Å². The van der Waals surface area contributed by atoms with Crippen molar-refractivity contribution in [3.05, 3.63) is 122 Å². The number of carbonyl (C=O) groups excluding carboxylic acids is 1. The van der Waals surface area contributed by atoms with Crippen molar-refractivity contribution in [3.63, 3.8) is 0 Å². The minimum Gasteiger partial charge on any atom is -0.375 e. The second kappa shape index (κ2) is 18.0. The normalized spacial score (nSPS) is 25.8. The van der Waals surface area contributed by atoms with E-state index in [0.717, 1.165) is 93.9 Å². The number of halogens is 2. The molecule has 4 heterocycles. The van der Waals surface area contributed by atoms with Crippen LogP contribution in [-0.4, -0.2) is 61.5 Å². The van der Waals surface area contributed by atoms with Crippen molar-refractivity contribution in [1.29, 1.82) is 0 Å². The van der Waals surface area contributed by atoms with E-state index in [-0.39, 0.29) is 34.7 Å². The van der Waals surface area contributed by atoms with E-state index in [4.69, 9.17) is 14.7 Å². The van der Waals surface area contributed by atoms with Gasteiger partial charge >= 0.3 is 0 Å². The highest BCUT2D eigenvalue weighted by Gasteiger charge is 2.42. The molecule has 0 bridgehead atoms. The fourth-order valence-electron chi connectivity index (χ4n) is 8.84. The number of piperidine rings is 1. The number of unbranched alkanes of at least 4 members (excludes halogenated alkanes) is 1. The Morgan fingerprint density at radius 2 is 1.83 bits per heavy atom. The molecule has 0 radical (unpaired) electrons. The van der Waals surface area contributed by atoms with Gasteiger partial charge in [0.1, 0.15) is 11.6 Å². The molecule has 2 aromatic heterocycles. The minimum absolute atomic E-state index is 0.000350. The standard InChI is InChI=1S/C48H58F2N6O2/c1-6-9-17-37(13-7-2)56(45(57)14-8-3)31-44-53-40-19-11-15-34(28-41(40)54-44)35-21-20-32(4)38-18-10-16-36(27-39(38)48(49,50)33(5)26-35)43-30-52-46(55-43)42-29-47(23-24-51-42)22-12-25-58-47/h10-11,16,19-21,26-28,30,37,42,51H,6-9,12-14,17,22-25,29,31H2,1-5H3,(H,52,55)(H,53,54)/b32-20+,33-26+,35-21+. The van der Waals surface area contributed by atoms with Crippen LogP contribution in [0.1, 0.15) is 129 Å². The summed E-state index contributed by atoms with van der Waals surface area (Å²) < 4.78 is 40.0. The summed E-state index contributed by atoms with van der Waals surface area (Å²) in [6.45, 7) is 11.7. The van der Waals surface area contributed by atoms with Crippen LogP contribution in [-0.2, 0) is 16.1 Å². The summed E-state index contributed by atoms with van der Waals surface area (Å²) in [6, 6.07) is 0.154.